The molecular formula is C18H23BrN4. The van der Waals surface area contributed by atoms with Gasteiger partial charge in [-0.2, -0.15) is 0 Å². The molecule has 5 heteroatoms. The Kier molecular flexibility index (Phi) is 4.95. The molecule has 0 spiro atoms. The molecule has 0 amide bonds. The fraction of sp³-hybridized carbons (Fsp3) is 0.500. The lowest BCUT2D eigenvalue weighted by atomic mass is 9.99. The number of hydrogen-bond acceptors (Lipinski definition) is 4. The van der Waals surface area contributed by atoms with E-state index in [4.69, 9.17) is 4.98 Å². The predicted octanol–water partition coefficient (Wildman–Crippen LogP) is 4.49. The van der Waals surface area contributed by atoms with Crippen molar-refractivity contribution in [1.82, 2.24) is 15.0 Å². The Morgan fingerprint density at radius 1 is 1.17 bits per heavy atom. The SMILES string of the molecule is CCc1nc(NC2c3ncccc3CC2CC)c(CC)nc1Br. The van der Waals surface area contributed by atoms with E-state index in [-0.39, 0.29) is 6.04 Å². The summed E-state index contributed by atoms with van der Waals surface area (Å²) < 4.78 is 0.861. The van der Waals surface area contributed by atoms with E-state index in [0.29, 0.717) is 5.92 Å². The molecule has 2 atom stereocenters. The van der Waals surface area contributed by atoms with Gasteiger partial charge in [0.2, 0.25) is 0 Å². The summed E-state index contributed by atoms with van der Waals surface area (Å²) in [6.07, 6.45) is 5.82. The van der Waals surface area contributed by atoms with E-state index in [1.165, 1.54) is 11.3 Å². The Hall–Kier alpha value is -1.49. The van der Waals surface area contributed by atoms with Crippen molar-refractivity contribution in [2.75, 3.05) is 5.32 Å². The second kappa shape index (κ2) is 6.95. The first-order valence-corrected chi connectivity index (χ1v) is 9.22. The van der Waals surface area contributed by atoms with Crippen LogP contribution in [-0.4, -0.2) is 15.0 Å². The lowest BCUT2D eigenvalue weighted by Gasteiger charge is -2.22. The quantitative estimate of drug-likeness (QED) is 0.836. The zero-order valence-corrected chi connectivity index (χ0v) is 15.5. The average Bonchev–Trinajstić information content (AvgIpc) is 2.93. The largest absolute Gasteiger partial charge is 0.360 e. The van der Waals surface area contributed by atoms with Crippen molar-refractivity contribution in [3.63, 3.8) is 0 Å². The van der Waals surface area contributed by atoms with Crippen LogP contribution in [0.4, 0.5) is 5.82 Å². The maximum absolute atomic E-state index is 4.82. The molecule has 2 unspecified atom stereocenters. The summed E-state index contributed by atoms with van der Waals surface area (Å²) in [5.41, 5.74) is 4.53. The molecule has 1 aliphatic carbocycles. The van der Waals surface area contributed by atoms with Crippen molar-refractivity contribution in [2.45, 2.75) is 52.5 Å². The van der Waals surface area contributed by atoms with Gasteiger partial charge >= 0.3 is 0 Å². The molecule has 1 N–H and O–H groups in total. The van der Waals surface area contributed by atoms with Gasteiger partial charge < -0.3 is 5.32 Å². The van der Waals surface area contributed by atoms with E-state index < -0.39 is 0 Å². The Bertz CT molecular complexity index is 701. The zero-order chi connectivity index (χ0) is 16.4. The maximum atomic E-state index is 4.82. The molecule has 122 valence electrons. The first-order valence-electron chi connectivity index (χ1n) is 8.43. The van der Waals surface area contributed by atoms with Gasteiger partial charge in [0, 0.05) is 6.20 Å². The molecule has 0 radical (unpaired) electrons. The molecular weight excluding hydrogens is 352 g/mol. The third-order valence-electron chi connectivity index (χ3n) is 4.65. The summed E-state index contributed by atoms with van der Waals surface area (Å²) in [4.78, 5) is 14.1. The molecule has 2 aromatic rings. The molecule has 0 aromatic carbocycles. The molecule has 2 aromatic heterocycles. The van der Waals surface area contributed by atoms with Crippen LogP contribution in [0.1, 0.15) is 55.9 Å². The maximum Gasteiger partial charge on any atom is 0.148 e. The Labute approximate surface area is 146 Å². The van der Waals surface area contributed by atoms with Crippen LogP contribution in [0.15, 0.2) is 22.9 Å². The topological polar surface area (TPSA) is 50.7 Å². The molecule has 0 saturated carbocycles. The summed E-state index contributed by atoms with van der Waals surface area (Å²) in [5, 5.41) is 3.66. The summed E-state index contributed by atoms with van der Waals surface area (Å²) in [7, 11) is 0. The van der Waals surface area contributed by atoms with Crippen LogP contribution in [0.2, 0.25) is 0 Å². The third kappa shape index (κ3) is 3.11. The monoisotopic (exact) mass is 374 g/mol. The van der Waals surface area contributed by atoms with Crippen LogP contribution in [0, 0.1) is 5.92 Å². The molecule has 4 nitrogen and oxygen atoms in total. The van der Waals surface area contributed by atoms with Crippen molar-refractivity contribution < 1.29 is 0 Å². The Balaban J connectivity index is 1.97. The van der Waals surface area contributed by atoms with Crippen LogP contribution in [0.25, 0.3) is 0 Å². The van der Waals surface area contributed by atoms with Crippen LogP contribution in [-0.2, 0) is 19.3 Å². The zero-order valence-electron chi connectivity index (χ0n) is 13.9. The highest BCUT2D eigenvalue weighted by Gasteiger charge is 2.33. The summed E-state index contributed by atoms with van der Waals surface area (Å²) >= 11 is 3.53. The lowest BCUT2D eigenvalue weighted by molar-refractivity contribution is 0.470. The number of rotatable bonds is 5. The van der Waals surface area contributed by atoms with Crippen molar-refractivity contribution in [3.05, 3.63) is 45.6 Å². The Morgan fingerprint density at radius 3 is 2.65 bits per heavy atom. The standard InChI is InChI=1S/C18H23BrN4/c1-4-11-10-12-8-7-9-20-15(12)16(11)23-18-14(6-3)21-17(19)13(5-2)22-18/h7-9,11,16H,4-6,10H2,1-3H3,(H,22,23). The van der Waals surface area contributed by atoms with E-state index in [0.717, 1.165) is 47.5 Å². The van der Waals surface area contributed by atoms with Crippen LogP contribution in [0.5, 0.6) is 0 Å². The van der Waals surface area contributed by atoms with Crippen LogP contribution in [0.3, 0.4) is 0 Å². The highest BCUT2D eigenvalue weighted by atomic mass is 79.9. The van der Waals surface area contributed by atoms with Gasteiger partial charge in [0.25, 0.3) is 0 Å². The molecule has 23 heavy (non-hydrogen) atoms. The van der Waals surface area contributed by atoms with Crippen LogP contribution < -0.4 is 5.32 Å². The second-order valence-electron chi connectivity index (χ2n) is 6.01. The third-order valence-corrected chi connectivity index (χ3v) is 5.29. The summed E-state index contributed by atoms with van der Waals surface area (Å²) in [5.74, 6) is 1.47. The number of aromatic nitrogens is 3. The smallest absolute Gasteiger partial charge is 0.148 e. The minimum atomic E-state index is 0.224. The number of fused-ring (bicyclic) bond motifs is 1. The van der Waals surface area contributed by atoms with E-state index in [1.54, 1.807) is 0 Å². The minimum absolute atomic E-state index is 0.224. The molecule has 0 saturated heterocycles. The number of halogens is 1. The minimum Gasteiger partial charge on any atom is -0.360 e. The number of aryl methyl sites for hydroxylation is 2. The average molecular weight is 375 g/mol. The van der Waals surface area contributed by atoms with Crippen molar-refractivity contribution in [1.29, 1.82) is 0 Å². The van der Waals surface area contributed by atoms with Gasteiger partial charge in [-0.3, -0.25) is 4.98 Å². The molecule has 1 aliphatic rings. The fourth-order valence-corrected chi connectivity index (χ4v) is 3.89. The lowest BCUT2D eigenvalue weighted by Crippen LogP contribution is -2.19. The van der Waals surface area contributed by atoms with Crippen molar-refractivity contribution in [2.24, 2.45) is 5.92 Å². The highest BCUT2D eigenvalue weighted by molar-refractivity contribution is 9.10. The second-order valence-corrected chi connectivity index (χ2v) is 6.76. The number of nitrogens with one attached hydrogen (secondary N) is 1. The number of hydrogen-bond donors (Lipinski definition) is 1. The van der Waals surface area contributed by atoms with Gasteiger partial charge in [0.05, 0.1) is 23.1 Å². The molecule has 3 rings (SSSR count). The first-order chi connectivity index (χ1) is 11.2. The van der Waals surface area contributed by atoms with Crippen molar-refractivity contribution in [3.8, 4) is 0 Å². The summed E-state index contributed by atoms with van der Waals surface area (Å²) in [6, 6.07) is 4.44. The van der Waals surface area contributed by atoms with Gasteiger partial charge in [0.15, 0.2) is 0 Å². The molecule has 0 aliphatic heterocycles. The van der Waals surface area contributed by atoms with E-state index in [1.807, 2.05) is 12.3 Å². The molecule has 0 fully saturated rings. The predicted molar refractivity (Wildman–Crippen MR) is 96.6 cm³/mol. The summed E-state index contributed by atoms with van der Waals surface area (Å²) in [6.45, 7) is 6.47. The molecule has 0 bridgehead atoms. The molecule has 2 heterocycles. The first kappa shape index (κ1) is 16.4. The Morgan fingerprint density at radius 2 is 1.96 bits per heavy atom. The number of pyridine rings is 1. The van der Waals surface area contributed by atoms with E-state index >= 15 is 0 Å². The van der Waals surface area contributed by atoms with E-state index in [9.17, 15) is 0 Å². The fourth-order valence-electron chi connectivity index (χ4n) is 3.31. The van der Waals surface area contributed by atoms with Crippen LogP contribution >= 0.6 is 15.9 Å². The normalized spacial score (nSPS) is 19.7. The van der Waals surface area contributed by atoms with Gasteiger partial charge in [-0.15, -0.1) is 0 Å². The van der Waals surface area contributed by atoms with Gasteiger partial charge in [-0.1, -0.05) is 33.3 Å². The van der Waals surface area contributed by atoms with Gasteiger partial charge in [-0.05, 0) is 52.7 Å². The van der Waals surface area contributed by atoms with E-state index in [2.05, 4.69) is 58.1 Å². The number of nitrogens with zero attached hydrogens (tertiary/aromatic N) is 3. The van der Waals surface area contributed by atoms with Crippen molar-refractivity contribution >= 4 is 21.7 Å². The van der Waals surface area contributed by atoms with Gasteiger partial charge in [-0.25, -0.2) is 9.97 Å². The highest BCUT2D eigenvalue weighted by Crippen LogP contribution is 2.39. The number of anilines is 1. The van der Waals surface area contributed by atoms with Gasteiger partial charge in [0.1, 0.15) is 10.4 Å².